The average Bonchev–Trinajstić information content (AvgIpc) is 2.84. The van der Waals surface area contributed by atoms with E-state index in [0.717, 1.165) is 12.0 Å². The lowest BCUT2D eigenvalue weighted by atomic mass is 10.1. The van der Waals surface area contributed by atoms with Crippen LogP contribution in [0.15, 0.2) is 29.2 Å². The Balaban J connectivity index is 2.14. The molecule has 1 aromatic carbocycles. The number of nitrogens with zero attached hydrogens (tertiary/aromatic N) is 1. The summed E-state index contributed by atoms with van der Waals surface area (Å²) in [6.07, 6.45) is 2.83. The highest BCUT2D eigenvalue weighted by Crippen LogP contribution is 2.27. The average molecular weight is 308 g/mol. The molecule has 0 aliphatic carbocycles. The largest absolute Gasteiger partial charge is 0.380 e. The van der Waals surface area contributed by atoms with Gasteiger partial charge in [-0.25, -0.2) is 0 Å². The van der Waals surface area contributed by atoms with Crippen LogP contribution in [0, 0.1) is 0 Å². The zero-order chi connectivity index (χ0) is 15.2. The van der Waals surface area contributed by atoms with Gasteiger partial charge >= 0.3 is 0 Å². The molecule has 0 aromatic heterocycles. The van der Waals surface area contributed by atoms with E-state index in [0.29, 0.717) is 19.8 Å². The zero-order valence-corrected chi connectivity index (χ0v) is 13.8. The van der Waals surface area contributed by atoms with E-state index in [9.17, 15) is 4.79 Å². The molecule has 1 N–H and O–H groups in total. The molecule has 2 rings (SSSR count). The van der Waals surface area contributed by atoms with Crippen LogP contribution in [0.3, 0.4) is 0 Å². The second-order valence-electron chi connectivity index (χ2n) is 5.03. The van der Waals surface area contributed by atoms with E-state index in [-0.39, 0.29) is 18.1 Å². The predicted molar refractivity (Wildman–Crippen MR) is 86.4 cm³/mol. The minimum absolute atomic E-state index is 0.0428. The minimum Gasteiger partial charge on any atom is -0.380 e. The third-order valence-electron chi connectivity index (χ3n) is 3.77. The van der Waals surface area contributed by atoms with Gasteiger partial charge in [0.2, 0.25) is 5.91 Å². The van der Waals surface area contributed by atoms with Crippen molar-refractivity contribution in [1.82, 2.24) is 10.2 Å². The van der Waals surface area contributed by atoms with Crippen molar-refractivity contribution in [2.45, 2.75) is 37.4 Å². The van der Waals surface area contributed by atoms with Crippen LogP contribution in [0.1, 0.15) is 32.0 Å². The quantitative estimate of drug-likeness (QED) is 0.621. The number of rotatable bonds is 7. The van der Waals surface area contributed by atoms with Crippen LogP contribution in [0.4, 0.5) is 0 Å². The van der Waals surface area contributed by atoms with Crippen LogP contribution in [0.2, 0.25) is 0 Å². The molecule has 0 radical (unpaired) electrons. The van der Waals surface area contributed by atoms with Crippen LogP contribution in [0.5, 0.6) is 0 Å². The van der Waals surface area contributed by atoms with Crippen molar-refractivity contribution in [3.8, 4) is 0 Å². The van der Waals surface area contributed by atoms with Crippen molar-refractivity contribution in [2.24, 2.45) is 0 Å². The van der Waals surface area contributed by atoms with E-state index >= 15 is 0 Å². The number of benzene rings is 1. The van der Waals surface area contributed by atoms with Crippen molar-refractivity contribution >= 4 is 17.7 Å². The van der Waals surface area contributed by atoms with Crippen LogP contribution in [-0.2, 0) is 9.53 Å². The fourth-order valence-corrected chi connectivity index (χ4v) is 2.99. The zero-order valence-electron chi connectivity index (χ0n) is 13.0. The van der Waals surface area contributed by atoms with Crippen LogP contribution in [-0.4, -0.2) is 42.9 Å². The van der Waals surface area contributed by atoms with E-state index < -0.39 is 0 Å². The van der Waals surface area contributed by atoms with Gasteiger partial charge in [-0.15, -0.1) is 11.8 Å². The van der Waals surface area contributed by atoms with Gasteiger partial charge in [0, 0.05) is 18.0 Å². The first-order valence-corrected chi connectivity index (χ1v) is 8.72. The Labute approximate surface area is 131 Å². The van der Waals surface area contributed by atoms with E-state index in [1.807, 2.05) is 18.7 Å². The molecule has 1 fully saturated rings. The summed E-state index contributed by atoms with van der Waals surface area (Å²) in [6.45, 7) is 5.90. The van der Waals surface area contributed by atoms with Gasteiger partial charge in [-0.1, -0.05) is 19.1 Å². The van der Waals surface area contributed by atoms with Crippen molar-refractivity contribution in [3.63, 3.8) is 0 Å². The summed E-state index contributed by atoms with van der Waals surface area (Å²) in [5.41, 5.74) is 1.13. The second-order valence-corrected chi connectivity index (χ2v) is 5.91. The van der Waals surface area contributed by atoms with Gasteiger partial charge in [0.25, 0.3) is 0 Å². The minimum atomic E-state index is -0.0862. The number of amides is 1. The first-order valence-electron chi connectivity index (χ1n) is 7.49. The fraction of sp³-hybridized carbons (Fsp3) is 0.562. The van der Waals surface area contributed by atoms with Gasteiger partial charge in [-0.2, -0.15) is 0 Å². The van der Waals surface area contributed by atoms with Gasteiger partial charge in [0.1, 0.15) is 6.17 Å². The Morgan fingerprint density at radius 2 is 2.00 bits per heavy atom. The Kier molecular flexibility index (Phi) is 6.08. The first-order chi connectivity index (χ1) is 10.2. The highest BCUT2D eigenvalue weighted by Gasteiger charge is 2.38. The van der Waals surface area contributed by atoms with Crippen molar-refractivity contribution in [2.75, 3.05) is 26.0 Å². The molecule has 116 valence electrons. The topological polar surface area (TPSA) is 41.6 Å². The summed E-state index contributed by atoms with van der Waals surface area (Å²) in [4.78, 5) is 15.6. The number of carbonyl (C=O) groups excluding carboxylic acids is 1. The molecule has 1 saturated heterocycles. The molecular formula is C16H24N2O2S. The monoisotopic (exact) mass is 308 g/mol. The third kappa shape index (κ3) is 3.78. The molecule has 1 amide bonds. The molecule has 2 unspecified atom stereocenters. The molecule has 5 heteroatoms. The molecule has 1 heterocycles. The summed E-state index contributed by atoms with van der Waals surface area (Å²) in [7, 11) is 0. The summed E-state index contributed by atoms with van der Waals surface area (Å²) in [6, 6.07) is 8.32. The lowest BCUT2D eigenvalue weighted by Crippen LogP contribution is -2.34. The van der Waals surface area contributed by atoms with E-state index in [1.165, 1.54) is 4.90 Å². The van der Waals surface area contributed by atoms with Crippen LogP contribution in [0.25, 0.3) is 0 Å². The highest BCUT2D eigenvalue weighted by molar-refractivity contribution is 7.98. The third-order valence-corrected chi connectivity index (χ3v) is 4.52. The molecular weight excluding hydrogens is 284 g/mol. The van der Waals surface area contributed by atoms with Gasteiger partial charge in [0.05, 0.1) is 12.6 Å². The Bertz CT molecular complexity index is 464. The summed E-state index contributed by atoms with van der Waals surface area (Å²) >= 11 is 1.72. The van der Waals surface area contributed by atoms with E-state index in [2.05, 4.69) is 35.8 Å². The van der Waals surface area contributed by atoms with Crippen molar-refractivity contribution in [3.05, 3.63) is 29.8 Å². The number of thioether (sulfide) groups is 1. The summed E-state index contributed by atoms with van der Waals surface area (Å²) < 4.78 is 5.41. The van der Waals surface area contributed by atoms with E-state index in [1.54, 1.807) is 11.8 Å². The number of hydrogen-bond donors (Lipinski definition) is 1. The van der Waals surface area contributed by atoms with E-state index in [4.69, 9.17) is 4.74 Å². The summed E-state index contributed by atoms with van der Waals surface area (Å²) in [5, 5.41) is 3.44. The molecule has 2 atom stereocenters. The number of carbonyl (C=O) groups is 1. The fourth-order valence-electron chi connectivity index (χ4n) is 2.58. The molecule has 0 spiro atoms. The Morgan fingerprint density at radius 1 is 1.29 bits per heavy atom. The molecule has 0 bridgehead atoms. The normalized spacial score (nSPS) is 22.0. The lowest BCUT2D eigenvalue weighted by Gasteiger charge is -2.24. The van der Waals surface area contributed by atoms with Crippen molar-refractivity contribution < 1.29 is 9.53 Å². The van der Waals surface area contributed by atoms with Crippen LogP contribution >= 0.6 is 11.8 Å². The number of nitrogens with one attached hydrogen (secondary N) is 1. The molecule has 0 saturated carbocycles. The molecule has 4 nitrogen and oxygen atoms in total. The van der Waals surface area contributed by atoms with Gasteiger partial charge in [-0.3, -0.25) is 10.1 Å². The van der Waals surface area contributed by atoms with Gasteiger partial charge in [-0.05, 0) is 37.3 Å². The smallest absolute Gasteiger partial charge is 0.241 e. The Hall–Kier alpha value is -1.04. The Morgan fingerprint density at radius 3 is 2.57 bits per heavy atom. The molecule has 1 aromatic rings. The van der Waals surface area contributed by atoms with Gasteiger partial charge in [0.15, 0.2) is 0 Å². The first kappa shape index (κ1) is 16.3. The maximum atomic E-state index is 12.4. The number of hydrogen-bond acceptors (Lipinski definition) is 4. The predicted octanol–water partition coefficient (Wildman–Crippen LogP) is 2.65. The molecule has 1 aliphatic rings. The molecule has 1 aliphatic heterocycles. The van der Waals surface area contributed by atoms with Crippen molar-refractivity contribution in [1.29, 1.82) is 0 Å². The highest BCUT2D eigenvalue weighted by atomic mass is 32.2. The SMILES string of the molecule is CCOCCN1C(=O)C(CC)NC1c1ccc(SC)cc1. The standard InChI is InChI=1S/C16H24N2O2S/c1-4-14-16(19)18(10-11-20-5-2)15(17-14)12-6-8-13(21-3)9-7-12/h6-9,14-15,17H,4-5,10-11H2,1-3H3. The summed E-state index contributed by atoms with van der Waals surface area (Å²) in [5.74, 6) is 0.177. The van der Waals surface area contributed by atoms with Crippen LogP contribution < -0.4 is 5.32 Å². The maximum absolute atomic E-state index is 12.4. The van der Waals surface area contributed by atoms with Gasteiger partial charge < -0.3 is 9.64 Å². The molecule has 21 heavy (non-hydrogen) atoms. The second kappa shape index (κ2) is 7.82. The maximum Gasteiger partial charge on any atom is 0.241 e. The lowest BCUT2D eigenvalue weighted by molar-refractivity contribution is -0.130. The number of ether oxygens (including phenoxy) is 1.